The summed E-state index contributed by atoms with van der Waals surface area (Å²) in [5, 5.41) is 0. The van der Waals surface area contributed by atoms with Crippen LogP contribution >= 0.6 is 0 Å². The monoisotopic (exact) mass is 250 g/mol. The quantitative estimate of drug-likeness (QED) is 0.737. The normalized spacial score (nSPS) is 10.4. The Morgan fingerprint density at radius 1 is 0.889 bits per heavy atom. The zero-order chi connectivity index (χ0) is 13.3. The molecule has 0 unspecified atom stereocenters. The first-order chi connectivity index (χ1) is 8.49. The van der Waals surface area contributed by atoms with Crippen LogP contribution in [0.25, 0.3) is 11.1 Å². The molecule has 0 saturated carbocycles. The van der Waals surface area contributed by atoms with Gasteiger partial charge in [0, 0.05) is 17.2 Å². The minimum Gasteiger partial charge on any atom is -0.294 e. The van der Waals surface area contributed by atoms with Gasteiger partial charge in [-0.1, -0.05) is 6.07 Å². The Hall–Kier alpha value is -2.10. The van der Waals surface area contributed by atoms with E-state index in [2.05, 4.69) is 0 Å². The van der Waals surface area contributed by atoms with Gasteiger partial charge in [0.25, 0.3) is 0 Å². The molecule has 0 atom stereocenters. The van der Waals surface area contributed by atoms with Gasteiger partial charge in [0.1, 0.15) is 17.5 Å². The van der Waals surface area contributed by atoms with Crippen molar-refractivity contribution >= 4 is 5.78 Å². The van der Waals surface area contributed by atoms with Gasteiger partial charge in [0.05, 0.1) is 0 Å². The summed E-state index contributed by atoms with van der Waals surface area (Å²) in [6.45, 7) is 1.26. The molecule has 0 N–H and O–H groups in total. The minimum absolute atomic E-state index is 0.0699. The van der Waals surface area contributed by atoms with E-state index < -0.39 is 17.5 Å². The predicted octanol–water partition coefficient (Wildman–Crippen LogP) is 3.97. The number of carbonyl (C=O) groups is 1. The third-order valence-electron chi connectivity index (χ3n) is 2.58. The first-order valence-corrected chi connectivity index (χ1v) is 5.25. The maximum absolute atomic E-state index is 13.6. The Balaban J connectivity index is 2.67. The van der Waals surface area contributed by atoms with E-state index >= 15 is 0 Å². The molecular weight excluding hydrogens is 241 g/mol. The summed E-state index contributed by atoms with van der Waals surface area (Å²) < 4.78 is 39.5. The van der Waals surface area contributed by atoms with Crippen LogP contribution in [0.5, 0.6) is 0 Å². The molecule has 92 valence electrons. The zero-order valence-electron chi connectivity index (χ0n) is 9.51. The molecule has 0 aliphatic heterocycles. The van der Waals surface area contributed by atoms with E-state index in [4.69, 9.17) is 0 Å². The average Bonchev–Trinajstić information content (AvgIpc) is 2.29. The largest absolute Gasteiger partial charge is 0.294 e. The second kappa shape index (κ2) is 4.64. The molecule has 0 bridgehead atoms. The molecule has 1 nitrogen and oxygen atoms in total. The number of rotatable bonds is 2. The van der Waals surface area contributed by atoms with Gasteiger partial charge in [-0.2, -0.15) is 0 Å². The molecule has 2 aromatic carbocycles. The number of benzene rings is 2. The standard InChI is InChI=1S/C14H9F3O/c1-8(18)13-6-9(15)2-4-11(13)12-5-3-10(16)7-14(12)17/h2-7H,1H3. The summed E-state index contributed by atoms with van der Waals surface area (Å²) in [6.07, 6.45) is 0. The summed E-state index contributed by atoms with van der Waals surface area (Å²) in [7, 11) is 0. The number of ketones is 1. The second-order valence-electron chi connectivity index (χ2n) is 3.87. The number of halogens is 3. The topological polar surface area (TPSA) is 17.1 Å². The van der Waals surface area contributed by atoms with Gasteiger partial charge in [-0.3, -0.25) is 4.79 Å². The van der Waals surface area contributed by atoms with Crippen molar-refractivity contribution in [1.82, 2.24) is 0 Å². The molecule has 0 saturated heterocycles. The van der Waals surface area contributed by atoms with Gasteiger partial charge < -0.3 is 0 Å². The van der Waals surface area contributed by atoms with Crippen molar-refractivity contribution in [2.45, 2.75) is 6.92 Å². The summed E-state index contributed by atoms with van der Waals surface area (Å²) >= 11 is 0. The fourth-order valence-corrected chi connectivity index (χ4v) is 1.75. The first-order valence-electron chi connectivity index (χ1n) is 5.25. The lowest BCUT2D eigenvalue weighted by Crippen LogP contribution is -1.99. The van der Waals surface area contributed by atoms with Crippen LogP contribution in [0.4, 0.5) is 13.2 Å². The fourth-order valence-electron chi connectivity index (χ4n) is 1.75. The summed E-state index contributed by atoms with van der Waals surface area (Å²) in [6, 6.07) is 6.52. The average molecular weight is 250 g/mol. The van der Waals surface area contributed by atoms with Crippen molar-refractivity contribution in [3.05, 3.63) is 59.4 Å². The molecule has 2 aromatic rings. The van der Waals surface area contributed by atoms with E-state index in [1.165, 1.54) is 19.1 Å². The summed E-state index contributed by atoms with van der Waals surface area (Å²) in [5.41, 5.74) is 0.392. The van der Waals surface area contributed by atoms with Crippen molar-refractivity contribution in [3.63, 3.8) is 0 Å². The number of hydrogen-bond donors (Lipinski definition) is 0. The maximum atomic E-state index is 13.6. The highest BCUT2D eigenvalue weighted by atomic mass is 19.1. The number of carbonyl (C=O) groups excluding carboxylic acids is 1. The van der Waals surface area contributed by atoms with Crippen LogP contribution in [0.2, 0.25) is 0 Å². The Labute approximate surface area is 102 Å². The maximum Gasteiger partial charge on any atom is 0.160 e. The lowest BCUT2D eigenvalue weighted by molar-refractivity contribution is 0.101. The fraction of sp³-hybridized carbons (Fsp3) is 0.0714. The van der Waals surface area contributed by atoms with E-state index in [9.17, 15) is 18.0 Å². The van der Waals surface area contributed by atoms with Crippen molar-refractivity contribution in [1.29, 1.82) is 0 Å². The van der Waals surface area contributed by atoms with Crippen molar-refractivity contribution < 1.29 is 18.0 Å². The Morgan fingerprint density at radius 2 is 1.44 bits per heavy atom. The smallest absolute Gasteiger partial charge is 0.160 e. The van der Waals surface area contributed by atoms with Crippen molar-refractivity contribution in [3.8, 4) is 11.1 Å². The van der Waals surface area contributed by atoms with E-state index in [0.29, 0.717) is 0 Å². The summed E-state index contributed by atoms with van der Waals surface area (Å²) in [5.74, 6) is -2.45. The van der Waals surface area contributed by atoms with Crippen LogP contribution in [0.3, 0.4) is 0 Å². The van der Waals surface area contributed by atoms with E-state index in [1.807, 2.05) is 0 Å². The zero-order valence-corrected chi connectivity index (χ0v) is 9.51. The lowest BCUT2D eigenvalue weighted by atomic mass is 9.97. The highest BCUT2D eigenvalue weighted by molar-refractivity contribution is 6.00. The van der Waals surface area contributed by atoms with Gasteiger partial charge in [0.2, 0.25) is 0 Å². The predicted molar refractivity (Wildman–Crippen MR) is 61.8 cm³/mol. The first kappa shape index (κ1) is 12.4. The Kier molecular flexibility index (Phi) is 3.19. The van der Waals surface area contributed by atoms with Crippen LogP contribution < -0.4 is 0 Å². The molecule has 0 aliphatic carbocycles. The second-order valence-corrected chi connectivity index (χ2v) is 3.87. The van der Waals surface area contributed by atoms with Crippen LogP contribution in [0, 0.1) is 17.5 Å². The van der Waals surface area contributed by atoms with E-state index in [1.54, 1.807) is 0 Å². The SMILES string of the molecule is CC(=O)c1cc(F)ccc1-c1ccc(F)cc1F. The summed E-state index contributed by atoms with van der Waals surface area (Å²) in [4.78, 5) is 11.4. The molecule has 4 heteroatoms. The van der Waals surface area contributed by atoms with Gasteiger partial charge in [-0.25, -0.2) is 13.2 Å². The van der Waals surface area contributed by atoms with Crippen molar-refractivity contribution in [2.24, 2.45) is 0 Å². The number of Topliss-reactive ketones (excluding diaryl/α,β-unsaturated/α-hetero) is 1. The van der Waals surface area contributed by atoms with Crippen LogP contribution in [-0.2, 0) is 0 Å². The molecule has 0 aromatic heterocycles. The molecule has 0 heterocycles. The third kappa shape index (κ3) is 2.27. The minimum atomic E-state index is -0.788. The molecule has 0 amide bonds. The molecule has 2 rings (SSSR count). The number of hydrogen-bond acceptors (Lipinski definition) is 1. The molecule has 0 fully saturated rings. The van der Waals surface area contributed by atoms with Crippen LogP contribution in [0.15, 0.2) is 36.4 Å². The molecule has 18 heavy (non-hydrogen) atoms. The van der Waals surface area contributed by atoms with Gasteiger partial charge in [-0.15, -0.1) is 0 Å². The molecule has 0 aliphatic rings. The van der Waals surface area contributed by atoms with Crippen LogP contribution in [0.1, 0.15) is 17.3 Å². The van der Waals surface area contributed by atoms with Gasteiger partial charge in [0.15, 0.2) is 5.78 Å². The molecule has 0 spiro atoms. The Bertz CT molecular complexity index is 620. The molecule has 0 radical (unpaired) electrons. The van der Waals surface area contributed by atoms with E-state index in [0.717, 1.165) is 24.3 Å². The van der Waals surface area contributed by atoms with Crippen LogP contribution in [-0.4, -0.2) is 5.78 Å². The third-order valence-corrected chi connectivity index (χ3v) is 2.58. The lowest BCUT2D eigenvalue weighted by Gasteiger charge is -2.08. The van der Waals surface area contributed by atoms with Gasteiger partial charge >= 0.3 is 0 Å². The van der Waals surface area contributed by atoms with E-state index in [-0.39, 0.29) is 22.5 Å². The Morgan fingerprint density at radius 3 is 2.00 bits per heavy atom. The molecular formula is C14H9F3O. The highest BCUT2D eigenvalue weighted by Crippen LogP contribution is 2.27. The van der Waals surface area contributed by atoms with Gasteiger partial charge in [-0.05, 0) is 36.8 Å². The van der Waals surface area contributed by atoms with Crippen molar-refractivity contribution in [2.75, 3.05) is 0 Å². The highest BCUT2D eigenvalue weighted by Gasteiger charge is 2.14.